The first-order chi connectivity index (χ1) is 6.86. The van der Waals surface area contributed by atoms with Crippen LogP contribution in [0.5, 0.6) is 0 Å². The second kappa shape index (κ2) is 4.42. The molecule has 14 heavy (non-hydrogen) atoms. The Morgan fingerprint density at radius 3 is 3.14 bits per heavy atom. The quantitative estimate of drug-likeness (QED) is 0.794. The van der Waals surface area contributed by atoms with Gasteiger partial charge in [-0.15, -0.1) is 0 Å². The molecule has 0 bridgehead atoms. The lowest BCUT2D eigenvalue weighted by Gasteiger charge is -2.14. The fourth-order valence-electron chi connectivity index (χ4n) is 1.75. The van der Waals surface area contributed by atoms with Crippen LogP contribution in [0.4, 0.5) is 5.82 Å². The van der Waals surface area contributed by atoms with Crippen LogP contribution in [0, 0.1) is 5.92 Å². The van der Waals surface area contributed by atoms with Gasteiger partial charge in [-0.3, -0.25) is 0 Å². The summed E-state index contributed by atoms with van der Waals surface area (Å²) < 4.78 is 5.49. The predicted octanol–water partition coefficient (Wildman–Crippen LogP) is 1.92. The normalized spacial score (nSPS) is 26.4. The third kappa shape index (κ3) is 2.23. The van der Waals surface area contributed by atoms with Gasteiger partial charge in [-0.1, -0.05) is 6.07 Å². The number of ether oxygens (including phenoxy) is 1. The molecule has 76 valence electrons. The first-order valence-electron chi connectivity index (χ1n) is 5.13. The van der Waals surface area contributed by atoms with Crippen LogP contribution in [0.25, 0.3) is 0 Å². The molecule has 3 heteroatoms. The number of rotatable bonds is 3. The van der Waals surface area contributed by atoms with Crippen LogP contribution in [0.3, 0.4) is 0 Å². The molecule has 1 aromatic rings. The molecule has 0 aliphatic carbocycles. The van der Waals surface area contributed by atoms with Gasteiger partial charge in [0.25, 0.3) is 0 Å². The maximum Gasteiger partial charge on any atom is 0.125 e. The van der Waals surface area contributed by atoms with Crippen molar-refractivity contribution in [1.29, 1.82) is 0 Å². The monoisotopic (exact) mass is 192 g/mol. The average molecular weight is 192 g/mol. The van der Waals surface area contributed by atoms with E-state index in [0.717, 1.165) is 25.4 Å². The van der Waals surface area contributed by atoms with Gasteiger partial charge >= 0.3 is 0 Å². The summed E-state index contributed by atoms with van der Waals surface area (Å²) >= 11 is 0. The fraction of sp³-hybridized carbons (Fsp3) is 0.545. The molecule has 1 N–H and O–H groups in total. The molecular formula is C11H16N2O. The lowest BCUT2D eigenvalue weighted by Crippen LogP contribution is -2.20. The molecule has 1 aliphatic rings. The number of anilines is 1. The van der Waals surface area contributed by atoms with Crippen molar-refractivity contribution in [3.05, 3.63) is 24.4 Å². The number of hydrogen-bond acceptors (Lipinski definition) is 3. The number of pyridine rings is 1. The molecular weight excluding hydrogens is 176 g/mol. The van der Waals surface area contributed by atoms with E-state index >= 15 is 0 Å². The number of nitrogens with one attached hydrogen (secondary N) is 1. The SMILES string of the molecule is CC1OCCC1CNc1ccccn1. The van der Waals surface area contributed by atoms with Crippen molar-refractivity contribution in [2.24, 2.45) is 5.92 Å². The molecule has 0 amide bonds. The average Bonchev–Trinajstić information content (AvgIpc) is 2.63. The van der Waals surface area contributed by atoms with E-state index in [1.807, 2.05) is 18.2 Å². The summed E-state index contributed by atoms with van der Waals surface area (Å²) in [6.07, 6.45) is 3.34. The van der Waals surface area contributed by atoms with E-state index in [0.29, 0.717) is 12.0 Å². The molecule has 0 radical (unpaired) electrons. The Hall–Kier alpha value is -1.09. The highest BCUT2D eigenvalue weighted by atomic mass is 16.5. The van der Waals surface area contributed by atoms with Crippen molar-refractivity contribution in [2.75, 3.05) is 18.5 Å². The van der Waals surface area contributed by atoms with Crippen LogP contribution < -0.4 is 5.32 Å². The molecule has 0 saturated carbocycles. The zero-order chi connectivity index (χ0) is 9.80. The zero-order valence-electron chi connectivity index (χ0n) is 8.44. The van der Waals surface area contributed by atoms with Crippen LogP contribution in [-0.4, -0.2) is 24.2 Å². The Morgan fingerprint density at radius 1 is 1.57 bits per heavy atom. The maximum atomic E-state index is 5.49. The van der Waals surface area contributed by atoms with Gasteiger partial charge in [-0.05, 0) is 25.5 Å². The van der Waals surface area contributed by atoms with E-state index in [4.69, 9.17) is 4.74 Å². The smallest absolute Gasteiger partial charge is 0.125 e. The zero-order valence-corrected chi connectivity index (χ0v) is 8.44. The van der Waals surface area contributed by atoms with Crippen LogP contribution in [-0.2, 0) is 4.74 Å². The van der Waals surface area contributed by atoms with Gasteiger partial charge in [0, 0.05) is 25.3 Å². The van der Waals surface area contributed by atoms with Crippen molar-refractivity contribution >= 4 is 5.82 Å². The maximum absolute atomic E-state index is 5.49. The summed E-state index contributed by atoms with van der Waals surface area (Å²) in [6.45, 7) is 3.99. The van der Waals surface area contributed by atoms with E-state index in [1.54, 1.807) is 6.20 Å². The highest BCUT2D eigenvalue weighted by Crippen LogP contribution is 2.20. The summed E-state index contributed by atoms with van der Waals surface area (Å²) in [5.74, 6) is 1.57. The van der Waals surface area contributed by atoms with Crippen LogP contribution in [0.2, 0.25) is 0 Å². The molecule has 1 aromatic heterocycles. The first-order valence-corrected chi connectivity index (χ1v) is 5.13. The Kier molecular flexibility index (Phi) is 2.99. The van der Waals surface area contributed by atoms with Crippen molar-refractivity contribution in [3.8, 4) is 0 Å². The molecule has 1 saturated heterocycles. The van der Waals surface area contributed by atoms with E-state index in [1.165, 1.54) is 0 Å². The minimum Gasteiger partial charge on any atom is -0.378 e. The highest BCUT2D eigenvalue weighted by molar-refractivity contribution is 5.33. The highest BCUT2D eigenvalue weighted by Gasteiger charge is 2.23. The third-order valence-electron chi connectivity index (χ3n) is 2.74. The first kappa shape index (κ1) is 9.46. The van der Waals surface area contributed by atoms with Gasteiger partial charge in [0.2, 0.25) is 0 Å². The molecule has 2 atom stereocenters. The van der Waals surface area contributed by atoms with Gasteiger partial charge in [0.15, 0.2) is 0 Å². The summed E-state index contributed by atoms with van der Waals surface area (Å²) in [5.41, 5.74) is 0. The largest absolute Gasteiger partial charge is 0.378 e. The summed E-state index contributed by atoms with van der Waals surface area (Å²) in [7, 11) is 0. The van der Waals surface area contributed by atoms with Gasteiger partial charge in [-0.25, -0.2) is 4.98 Å². The van der Waals surface area contributed by atoms with Gasteiger partial charge < -0.3 is 10.1 Å². The predicted molar refractivity (Wildman–Crippen MR) is 56.2 cm³/mol. The lowest BCUT2D eigenvalue weighted by molar-refractivity contribution is 0.108. The van der Waals surface area contributed by atoms with Crippen LogP contribution in [0.1, 0.15) is 13.3 Å². The minimum atomic E-state index is 0.381. The molecule has 1 fully saturated rings. The van der Waals surface area contributed by atoms with Crippen molar-refractivity contribution in [2.45, 2.75) is 19.4 Å². The second-order valence-corrected chi connectivity index (χ2v) is 3.72. The lowest BCUT2D eigenvalue weighted by atomic mass is 10.0. The van der Waals surface area contributed by atoms with E-state index in [9.17, 15) is 0 Å². The summed E-state index contributed by atoms with van der Waals surface area (Å²) in [4.78, 5) is 4.21. The molecule has 3 nitrogen and oxygen atoms in total. The molecule has 2 rings (SSSR count). The second-order valence-electron chi connectivity index (χ2n) is 3.72. The van der Waals surface area contributed by atoms with Gasteiger partial charge in [0.1, 0.15) is 5.82 Å². The molecule has 0 spiro atoms. The number of nitrogens with zero attached hydrogens (tertiary/aromatic N) is 1. The van der Waals surface area contributed by atoms with E-state index in [2.05, 4.69) is 17.2 Å². The third-order valence-corrected chi connectivity index (χ3v) is 2.74. The Morgan fingerprint density at radius 2 is 2.50 bits per heavy atom. The number of hydrogen-bond donors (Lipinski definition) is 1. The Labute approximate surface area is 84.5 Å². The Balaban J connectivity index is 1.82. The van der Waals surface area contributed by atoms with Crippen molar-refractivity contribution < 1.29 is 4.74 Å². The fourth-order valence-corrected chi connectivity index (χ4v) is 1.75. The van der Waals surface area contributed by atoms with E-state index < -0.39 is 0 Å². The topological polar surface area (TPSA) is 34.1 Å². The summed E-state index contributed by atoms with van der Waals surface area (Å²) in [6, 6.07) is 5.90. The number of aromatic nitrogens is 1. The van der Waals surface area contributed by atoms with E-state index in [-0.39, 0.29) is 0 Å². The van der Waals surface area contributed by atoms with Crippen molar-refractivity contribution in [1.82, 2.24) is 4.98 Å². The standard InChI is InChI=1S/C11H16N2O/c1-9-10(5-7-14-9)8-13-11-4-2-3-6-12-11/h2-4,6,9-10H,5,7-8H2,1H3,(H,12,13). The molecule has 0 aromatic carbocycles. The summed E-state index contributed by atoms with van der Waals surface area (Å²) in [5, 5.41) is 3.33. The molecule has 1 aliphatic heterocycles. The van der Waals surface area contributed by atoms with Gasteiger partial charge in [-0.2, -0.15) is 0 Å². The minimum absolute atomic E-state index is 0.381. The Bertz CT molecular complexity index is 276. The van der Waals surface area contributed by atoms with Crippen molar-refractivity contribution in [3.63, 3.8) is 0 Å². The molecule has 2 heterocycles. The van der Waals surface area contributed by atoms with Crippen LogP contribution >= 0.6 is 0 Å². The van der Waals surface area contributed by atoms with Gasteiger partial charge in [0.05, 0.1) is 6.10 Å². The molecule has 2 unspecified atom stereocenters. The van der Waals surface area contributed by atoms with Crippen LogP contribution in [0.15, 0.2) is 24.4 Å².